The van der Waals surface area contributed by atoms with Gasteiger partial charge in [-0.25, -0.2) is 0 Å². The van der Waals surface area contributed by atoms with Crippen LogP contribution in [0.2, 0.25) is 0 Å². The normalized spacial score (nSPS) is 9.83. The minimum Gasteiger partial charge on any atom is -0.495 e. The van der Waals surface area contributed by atoms with Crippen molar-refractivity contribution in [2.45, 2.75) is 0 Å². The molecule has 0 unspecified atom stereocenters. The Labute approximate surface area is 104 Å². The Morgan fingerprint density at radius 1 is 1.33 bits per heavy atom. The van der Waals surface area contributed by atoms with E-state index >= 15 is 0 Å². The molecule has 0 saturated heterocycles. The van der Waals surface area contributed by atoms with Crippen molar-refractivity contribution >= 4 is 17.5 Å². The molecule has 1 rings (SSSR count). The van der Waals surface area contributed by atoms with Gasteiger partial charge in [0.15, 0.2) is 0 Å². The number of benzene rings is 1. The number of hydrogen-bond acceptors (Lipinski definition) is 5. The van der Waals surface area contributed by atoms with Crippen LogP contribution in [0, 0.1) is 0 Å². The Hall–Kier alpha value is -2.12. The average molecular weight is 253 g/mol. The number of amides is 2. The summed E-state index contributed by atoms with van der Waals surface area (Å²) < 4.78 is 5.08. The number of nitrogens with two attached hydrogens (primary N) is 1. The summed E-state index contributed by atoms with van der Waals surface area (Å²) in [5.41, 5.74) is 7.73. The summed E-state index contributed by atoms with van der Waals surface area (Å²) in [6, 6.07) is 7.01. The summed E-state index contributed by atoms with van der Waals surface area (Å²) in [4.78, 5) is 26.5. The molecule has 0 radical (unpaired) electrons. The Morgan fingerprint density at radius 2 is 2.06 bits per heavy atom. The maximum Gasteiger partial charge on any atom is 0.245 e. The van der Waals surface area contributed by atoms with Crippen molar-refractivity contribution in [2.24, 2.45) is 5.73 Å². The van der Waals surface area contributed by atoms with Crippen LogP contribution in [-0.2, 0) is 14.4 Å². The minimum absolute atomic E-state index is 0.106. The van der Waals surface area contributed by atoms with Crippen LogP contribution in [0.5, 0.6) is 5.75 Å². The van der Waals surface area contributed by atoms with E-state index in [-0.39, 0.29) is 19.1 Å². The van der Waals surface area contributed by atoms with Crippen LogP contribution < -0.4 is 21.3 Å². The molecule has 0 aliphatic heterocycles. The zero-order valence-corrected chi connectivity index (χ0v) is 9.93. The Morgan fingerprint density at radius 3 is 2.72 bits per heavy atom. The van der Waals surface area contributed by atoms with Crippen LogP contribution in [0.3, 0.4) is 0 Å². The number of methoxy groups -OCH3 is 1. The van der Waals surface area contributed by atoms with Crippen molar-refractivity contribution in [3.05, 3.63) is 24.3 Å². The molecule has 18 heavy (non-hydrogen) atoms. The number of hydrogen-bond donors (Lipinski definition) is 3. The second-order valence-electron chi connectivity index (χ2n) is 3.32. The Bertz CT molecular complexity index is 423. The lowest BCUT2D eigenvalue weighted by molar-refractivity contribution is -0.127. The van der Waals surface area contributed by atoms with Gasteiger partial charge in [-0.15, -0.1) is 0 Å². The number of carbonyl (C=O) groups is 2. The third kappa shape index (κ3) is 4.81. The standard InChI is InChI=1S/C11H15N3O4/c1-17-9-5-3-2-4-8(9)14-11(16)6-13-18-7-10(12)15/h2-5,13H,6-7H2,1H3,(H2,12,15)(H,14,16). The van der Waals surface area contributed by atoms with Crippen LogP contribution in [0.25, 0.3) is 0 Å². The van der Waals surface area contributed by atoms with Gasteiger partial charge >= 0.3 is 0 Å². The first-order valence-corrected chi connectivity index (χ1v) is 5.19. The first-order chi connectivity index (χ1) is 8.63. The van der Waals surface area contributed by atoms with Crippen LogP contribution in [0.15, 0.2) is 24.3 Å². The van der Waals surface area contributed by atoms with E-state index < -0.39 is 5.91 Å². The number of primary amides is 1. The lowest BCUT2D eigenvalue weighted by Crippen LogP contribution is -2.31. The van der Waals surface area contributed by atoms with Gasteiger partial charge in [0.05, 0.1) is 12.8 Å². The molecular weight excluding hydrogens is 238 g/mol. The predicted molar refractivity (Wildman–Crippen MR) is 64.8 cm³/mol. The molecule has 0 aromatic heterocycles. The highest BCUT2D eigenvalue weighted by Gasteiger charge is 2.06. The molecule has 0 atom stereocenters. The largest absolute Gasteiger partial charge is 0.495 e. The van der Waals surface area contributed by atoms with Gasteiger partial charge in [0.25, 0.3) is 0 Å². The second kappa shape index (κ2) is 7.25. The first kappa shape index (κ1) is 13.9. The minimum atomic E-state index is -0.618. The number of hydroxylamine groups is 1. The third-order valence-electron chi connectivity index (χ3n) is 1.93. The molecule has 0 heterocycles. The van der Waals surface area contributed by atoms with Crippen LogP contribution >= 0.6 is 0 Å². The molecule has 0 aliphatic rings. The van der Waals surface area contributed by atoms with Gasteiger partial charge in [-0.1, -0.05) is 12.1 Å². The van der Waals surface area contributed by atoms with Crippen molar-refractivity contribution in [3.8, 4) is 5.75 Å². The van der Waals surface area contributed by atoms with Crippen molar-refractivity contribution in [1.29, 1.82) is 0 Å². The van der Waals surface area contributed by atoms with Gasteiger partial charge in [-0.2, -0.15) is 5.48 Å². The predicted octanol–water partition coefficient (Wildman–Crippen LogP) is -0.360. The van der Waals surface area contributed by atoms with E-state index in [1.54, 1.807) is 24.3 Å². The van der Waals surface area contributed by atoms with E-state index in [1.807, 2.05) is 0 Å². The van der Waals surface area contributed by atoms with Crippen molar-refractivity contribution in [1.82, 2.24) is 5.48 Å². The van der Waals surface area contributed by atoms with E-state index in [4.69, 9.17) is 10.5 Å². The fourth-order valence-corrected chi connectivity index (χ4v) is 1.18. The van der Waals surface area contributed by atoms with Gasteiger partial charge in [0.1, 0.15) is 18.9 Å². The molecule has 1 aromatic rings. The average Bonchev–Trinajstić information content (AvgIpc) is 2.35. The highest BCUT2D eigenvalue weighted by Crippen LogP contribution is 2.22. The lowest BCUT2D eigenvalue weighted by Gasteiger charge is -2.10. The molecule has 0 aliphatic carbocycles. The molecule has 0 saturated carbocycles. The smallest absolute Gasteiger partial charge is 0.245 e. The van der Waals surface area contributed by atoms with Gasteiger partial charge < -0.3 is 15.8 Å². The molecule has 4 N–H and O–H groups in total. The van der Waals surface area contributed by atoms with E-state index in [2.05, 4.69) is 15.6 Å². The molecular formula is C11H15N3O4. The molecule has 7 nitrogen and oxygen atoms in total. The van der Waals surface area contributed by atoms with Gasteiger partial charge in [-0.05, 0) is 12.1 Å². The zero-order chi connectivity index (χ0) is 13.4. The maximum absolute atomic E-state index is 11.5. The molecule has 0 fully saturated rings. The van der Waals surface area contributed by atoms with E-state index in [1.165, 1.54) is 7.11 Å². The van der Waals surface area contributed by atoms with Crippen molar-refractivity contribution < 1.29 is 19.2 Å². The number of ether oxygens (including phenoxy) is 1. The second-order valence-corrected chi connectivity index (χ2v) is 3.32. The van der Waals surface area contributed by atoms with E-state index in [0.29, 0.717) is 11.4 Å². The molecule has 0 bridgehead atoms. The van der Waals surface area contributed by atoms with Crippen LogP contribution in [0.4, 0.5) is 5.69 Å². The van der Waals surface area contributed by atoms with Gasteiger partial charge in [-0.3, -0.25) is 14.4 Å². The summed E-state index contributed by atoms with van der Waals surface area (Å²) in [5.74, 6) is -0.388. The molecule has 2 amide bonds. The molecule has 7 heteroatoms. The summed E-state index contributed by atoms with van der Waals surface area (Å²) in [7, 11) is 1.51. The number of nitrogens with one attached hydrogen (secondary N) is 2. The monoisotopic (exact) mass is 253 g/mol. The molecule has 0 spiro atoms. The van der Waals surface area contributed by atoms with Crippen LogP contribution in [-0.4, -0.2) is 32.1 Å². The SMILES string of the molecule is COc1ccccc1NC(=O)CNOCC(N)=O. The quantitative estimate of drug-likeness (QED) is 0.455. The molecule has 98 valence electrons. The Balaban J connectivity index is 2.37. The third-order valence-corrected chi connectivity index (χ3v) is 1.93. The number of anilines is 1. The van der Waals surface area contributed by atoms with E-state index in [9.17, 15) is 9.59 Å². The fourth-order valence-electron chi connectivity index (χ4n) is 1.18. The van der Waals surface area contributed by atoms with Gasteiger partial charge in [0, 0.05) is 0 Å². The van der Waals surface area contributed by atoms with Crippen molar-refractivity contribution in [2.75, 3.05) is 25.6 Å². The first-order valence-electron chi connectivity index (χ1n) is 5.19. The van der Waals surface area contributed by atoms with Crippen LogP contribution in [0.1, 0.15) is 0 Å². The summed E-state index contributed by atoms with van der Waals surface area (Å²) in [6.45, 7) is -0.396. The fraction of sp³-hybridized carbons (Fsp3) is 0.273. The highest BCUT2D eigenvalue weighted by atomic mass is 16.6. The highest BCUT2D eigenvalue weighted by molar-refractivity contribution is 5.93. The van der Waals surface area contributed by atoms with Crippen molar-refractivity contribution in [3.63, 3.8) is 0 Å². The van der Waals surface area contributed by atoms with Gasteiger partial charge in [0.2, 0.25) is 11.8 Å². The maximum atomic E-state index is 11.5. The summed E-state index contributed by atoms with van der Waals surface area (Å²) in [6.07, 6.45) is 0. The molecule has 1 aromatic carbocycles. The summed E-state index contributed by atoms with van der Waals surface area (Å²) >= 11 is 0. The lowest BCUT2D eigenvalue weighted by atomic mass is 10.3. The zero-order valence-electron chi connectivity index (χ0n) is 9.93. The summed E-state index contributed by atoms with van der Waals surface area (Å²) in [5, 5.41) is 2.63. The Kier molecular flexibility index (Phi) is 5.62. The van der Waals surface area contributed by atoms with E-state index in [0.717, 1.165) is 0 Å². The topological polar surface area (TPSA) is 103 Å². The number of carbonyl (C=O) groups excluding carboxylic acids is 2. The number of rotatable bonds is 7. The number of para-hydroxylation sites is 2.